The molecule has 0 fully saturated rings. The second-order valence-electron chi connectivity index (χ2n) is 2.07. The molecule has 66 valence electrons. The van der Waals surface area contributed by atoms with Crippen LogP contribution in [0.25, 0.3) is 0 Å². The van der Waals surface area contributed by atoms with Crippen LogP contribution < -0.4 is 5.43 Å². The van der Waals surface area contributed by atoms with Crippen LogP contribution in [0.5, 0.6) is 0 Å². The molecule has 0 aliphatic rings. The molecule has 1 rings (SSSR count). The summed E-state index contributed by atoms with van der Waals surface area (Å²) >= 11 is 4.69. The molecule has 0 aliphatic heterocycles. The SMILES string of the molecule is CSCC(=O)Nn1cc(Br)cn1. The van der Waals surface area contributed by atoms with Crippen molar-refractivity contribution in [1.82, 2.24) is 9.89 Å². The van der Waals surface area contributed by atoms with Gasteiger partial charge in [-0.15, -0.1) is 0 Å². The standard InChI is InChI=1S/C6H8BrN3OS/c1-12-4-6(11)9-10-3-5(7)2-8-10/h2-3H,4H2,1H3,(H,9,11). The summed E-state index contributed by atoms with van der Waals surface area (Å²) in [4.78, 5) is 12.4. The van der Waals surface area contributed by atoms with E-state index >= 15 is 0 Å². The number of rotatable bonds is 3. The molecule has 0 unspecified atom stereocenters. The van der Waals surface area contributed by atoms with Gasteiger partial charge in [-0.05, 0) is 22.2 Å². The highest BCUT2D eigenvalue weighted by Crippen LogP contribution is 2.04. The molecule has 12 heavy (non-hydrogen) atoms. The van der Waals surface area contributed by atoms with Gasteiger partial charge >= 0.3 is 0 Å². The Balaban J connectivity index is 2.46. The molecule has 1 N–H and O–H groups in total. The Hall–Kier alpha value is -0.490. The van der Waals surface area contributed by atoms with E-state index in [1.54, 1.807) is 12.4 Å². The summed E-state index contributed by atoms with van der Waals surface area (Å²) in [7, 11) is 0. The number of carbonyl (C=O) groups is 1. The van der Waals surface area contributed by atoms with E-state index in [1.807, 2.05) is 6.26 Å². The van der Waals surface area contributed by atoms with Crippen molar-refractivity contribution >= 4 is 33.6 Å². The molecule has 0 saturated carbocycles. The Morgan fingerprint density at radius 3 is 3.17 bits per heavy atom. The molecule has 6 heteroatoms. The first-order chi connectivity index (χ1) is 5.72. The lowest BCUT2D eigenvalue weighted by atomic mass is 10.7. The molecule has 0 spiro atoms. The van der Waals surface area contributed by atoms with E-state index in [0.717, 1.165) is 4.47 Å². The summed E-state index contributed by atoms with van der Waals surface area (Å²) in [6.07, 6.45) is 5.16. The second kappa shape index (κ2) is 4.51. The molecular formula is C6H8BrN3OS. The van der Waals surface area contributed by atoms with Crippen LogP contribution in [-0.2, 0) is 4.79 Å². The summed E-state index contributed by atoms with van der Waals surface area (Å²) in [5.41, 5.74) is 2.58. The van der Waals surface area contributed by atoms with Gasteiger partial charge in [-0.3, -0.25) is 4.79 Å². The summed E-state index contributed by atoms with van der Waals surface area (Å²) in [5.74, 6) is 0.385. The predicted octanol–water partition coefficient (Wildman–Crippen LogP) is 1.08. The summed E-state index contributed by atoms with van der Waals surface area (Å²) in [6, 6.07) is 0. The van der Waals surface area contributed by atoms with Gasteiger partial charge in [0.1, 0.15) is 0 Å². The largest absolute Gasteiger partial charge is 0.272 e. The van der Waals surface area contributed by atoms with Crippen molar-refractivity contribution in [3.05, 3.63) is 16.9 Å². The zero-order valence-electron chi connectivity index (χ0n) is 6.45. The number of nitrogens with zero attached hydrogens (tertiary/aromatic N) is 2. The van der Waals surface area contributed by atoms with Crippen molar-refractivity contribution in [1.29, 1.82) is 0 Å². The van der Waals surface area contributed by atoms with Gasteiger partial charge in [0, 0.05) is 0 Å². The Labute approximate surface area is 82.8 Å². The average molecular weight is 250 g/mol. The maximum absolute atomic E-state index is 11.0. The second-order valence-corrected chi connectivity index (χ2v) is 3.85. The third-order valence-electron chi connectivity index (χ3n) is 1.07. The van der Waals surface area contributed by atoms with Crippen LogP contribution in [0.15, 0.2) is 16.9 Å². The zero-order valence-corrected chi connectivity index (χ0v) is 8.85. The highest BCUT2D eigenvalue weighted by atomic mass is 79.9. The Morgan fingerprint density at radius 1 is 1.92 bits per heavy atom. The minimum absolute atomic E-state index is 0.0573. The van der Waals surface area contributed by atoms with Crippen LogP contribution in [0.3, 0.4) is 0 Å². The number of nitrogens with one attached hydrogen (secondary N) is 1. The quantitative estimate of drug-likeness (QED) is 0.873. The number of aromatic nitrogens is 2. The first-order valence-electron chi connectivity index (χ1n) is 3.21. The van der Waals surface area contributed by atoms with E-state index in [1.165, 1.54) is 16.6 Å². The van der Waals surface area contributed by atoms with E-state index in [0.29, 0.717) is 5.75 Å². The number of hydrogen-bond acceptors (Lipinski definition) is 3. The van der Waals surface area contributed by atoms with Gasteiger partial charge < -0.3 is 0 Å². The van der Waals surface area contributed by atoms with Gasteiger partial charge in [-0.25, -0.2) is 5.43 Å². The van der Waals surface area contributed by atoms with E-state index < -0.39 is 0 Å². The predicted molar refractivity (Wildman–Crippen MR) is 52.7 cm³/mol. The van der Waals surface area contributed by atoms with Crippen molar-refractivity contribution in [3.8, 4) is 0 Å². The molecule has 0 radical (unpaired) electrons. The normalized spacial score (nSPS) is 9.83. The van der Waals surface area contributed by atoms with Crippen molar-refractivity contribution in [2.75, 3.05) is 17.4 Å². The minimum Gasteiger partial charge on any atom is -0.272 e. The maximum Gasteiger partial charge on any atom is 0.250 e. The fourth-order valence-corrected chi connectivity index (χ4v) is 1.27. The van der Waals surface area contributed by atoms with Gasteiger partial charge in [0.2, 0.25) is 5.91 Å². The smallest absolute Gasteiger partial charge is 0.250 e. The van der Waals surface area contributed by atoms with Crippen molar-refractivity contribution in [2.45, 2.75) is 0 Å². The Morgan fingerprint density at radius 2 is 2.67 bits per heavy atom. The van der Waals surface area contributed by atoms with Crippen LogP contribution >= 0.6 is 27.7 Å². The van der Waals surface area contributed by atoms with Crippen LogP contribution in [0.2, 0.25) is 0 Å². The molecule has 1 amide bonds. The fourth-order valence-electron chi connectivity index (χ4n) is 0.653. The van der Waals surface area contributed by atoms with Gasteiger partial charge in [0.25, 0.3) is 0 Å². The number of thioether (sulfide) groups is 1. The van der Waals surface area contributed by atoms with Crippen LogP contribution in [-0.4, -0.2) is 27.8 Å². The highest BCUT2D eigenvalue weighted by molar-refractivity contribution is 9.10. The molecule has 1 aromatic heterocycles. The first-order valence-corrected chi connectivity index (χ1v) is 5.40. The zero-order chi connectivity index (χ0) is 8.97. The topological polar surface area (TPSA) is 46.9 Å². The molecule has 0 aromatic carbocycles. The molecule has 1 aromatic rings. The van der Waals surface area contributed by atoms with Crippen LogP contribution in [0.1, 0.15) is 0 Å². The van der Waals surface area contributed by atoms with Gasteiger partial charge in [-0.2, -0.15) is 21.7 Å². The third kappa shape index (κ3) is 2.86. The number of amides is 1. The van der Waals surface area contributed by atoms with Crippen molar-refractivity contribution in [3.63, 3.8) is 0 Å². The lowest BCUT2D eigenvalue weighted by molar-refractivity contribution is -0.114. The number of carbonyl (C=O) groups excluding carboxylic acids is 1. The van der Waals surface area contributed by atoms with Gasteiger partial charge in [-0.1, -0.05) is 0 Å². The lowest BCUT2D eigenvalue weighted by Gasteiger charge is -2.01. The molecule has 0 saturated heterocycles. The van der Waals surface area contributed by atoms with E-state index in [-0.39, 0.29) is 5.91 Å². The van der Waals surface area contributed by atoms with Gasteiger partial charge in [0.15, 0.2) is 0 Å². The third-order valence-corrected chi connectivity index (χ3v) is 2.03. The van der Waals surface area contributed by atoms with Crippen molar-refractivity contribution in [2.24, 2.45) is 0 Å². The molecule has 1 heterocycles. The summed E-state index contributed by atoms with van der Waals surface area (Å²) in [6.45, 7) is 0. The first kappa shape index (κ1) is 9.60. The average Bonchev–Trinajstić information content (AvgIpc) is 2.36. The highest BCUT2D eigenvalue weighted by Gasteiger charge is 2.00. The molecular weight excluding hydrogens is 242 g/mol. The minimum atomic E-state index is -0.0573. The summed E-state index contributed by atoms with van der Waals surface area (Å²) < 4.78 is 0.840. The number of hydrogen-bond donors (Lipinski definition) is 1. The monoisotopic (exact) mass is 249 g/mol. The molecule has 4 nitrogen and oxygen atoms in total. The van der Waals surface area contributed by atoms with Crippen LogP contribution in [0, 0.1) is 0 Å². The van der Waals surface area contributed by atoms with E-state index in [4.69, 9.17) is 0 Å². The van der Waals surface area contributed by atoms with Crippen LogP contribution in [0.4, 0.5) is 0 Å². The fraction of sp³-hybridized carbons (Fsp3) is 0.333. The Bertz CT molecular complexity index is 276. The van der Waals surface area contributed by atoms with E-state index in [2.05, 4.69) is 26.5 Å². The summed E-state index contributed by atoms with van der Waals surface area (Å²) in [5, 5.41) is 3.87. The molecule has 0 bridgehead atoms. The molecule has 0 aliphatic carbocycles. The van der Waals surface area contributed by atoms with Gasteiger partial charge in [0.05, 0.1) is 22.6 Å². The Kier molecular flexibility index (Phi) is 3.61. The maximum atomic E-state index is 11.0. The number of halogens is 1. The molecule has 0 atom stereocenters. The van der Waals surface area contributed by atoms with E-state index in [9.17, 15) is 4.79 Å². The lowest BCUT2D eigenvalue weighted by Crippen LogP contribution is -2.24. The van der Waals surface area contributed by atoms with Crippen molar-refractivity contribution < 1.29 is 4.79 Å².